The Bertz CT molecular complexity index is 254. The largest absolute Gasteiger partial charge is 0.262 e. The molecule has 0 fully saturated rings. The molecule has 2 rings (SSSR count). The molecule has 0 atom stereocenters. The standard InChI is InChI=1S/C6H3N3/c1-2-7-3-6-5(1)8-4-9-6/h2-4H. The average molecular weight is 117 g/mol. The molecule has 0 bridgehead atoms. The van der Waals surface area contributed by atoms with E-state index in [9.17, 15) is 0 Å². The first kappa shape index (κ1) is 4.49. The molecule has 0 unspecified atom stereocenters. The van der Waals surface area contributed by atoms with Gasteiger partial charge in [-0.25, -0.2) is 10.3 Å². The second-order valence-corrected chi connectivity index (χ2v) is 1.66. The quantitative estimate of drug-likeness (QED) is 0.495. The molecule has 9 heavy (non-hydrogen) atoms. The van der Waals surface area contributed by atoms with Crippen LogP contribution < -0.4 is 5.32 Å². The summed E-state index contributed by atoms with van der Waals surface area (Å²) in [5.74, 6) is 0. The third-order valence-electron chi connectivity index (χ3n) is 1.10. The summed E-state index contributed by atoms with van der Waals surface area (Å²) in [5.41, 5.74) is 1.59. The zero-order chi connectivity index (χ0) is 6.10. The van der Waals surface area contributed by atoms with E-state index in [0.29, 0.717) is 0 Å². The molecule has 0 amide bonds. The lowest BCUT2D eigenvalue weighted by Gasteiger charge is -1.88. The van der Waals surface area contributed by atoms with Gasteiger partial charge in [-0.2, -0.15) is 0 Å². The van der Waals surface area contributed by atoms with Crippen LogP contribution in [0.3, 0.4) is 0 Å². The Balaban J connectivity index is 2.63. The summed E-state index contributed by atoms with van der Waals surface area (Å²) in [6.45, 7) is 0. The summed E-state index contributed by atoms with van der Waals surface area (Å²) in [5, 5.41) is 3.91. The van der Waals surface area contributed by atoms with Gasteiger partial charge in [0.1, 0.15) is 17.7 Å². The van der Waals surface area contributed by atoms with Crippen LogP contribution in [-0.4, -0.2) is 11.3 Å². The molecule has 1 aromatic heterocycles. The highest BCUT2D eigenvalue weighted by Crippen LogP contribution is 2.24. The molecule has 1 aliphatic heterocycles. The van der Waals surface area contributed by atoms with Gasteiger partial charge in [0, 0.05) is 12.3 Å². The second-order valence-electron chi connectivity index (χ2n) is 1.66. The van der Waals surface area contributed by atoms with Gasteiger partial charge in [-0.15, -0.1) is 0 Å². The van der Waals surface area contributed by atoms with Crippen molar-refractivity contribution in [2.75, 3.05) is 0 Å². The first-order valence-electron chi connectivity index (χ1n) is 2.56. The summed E-state index contributed by atoms with van der Waals surface area (Å²) >= 11 is 0. The fraction of sp³-hybridized carbons (Fsp3) is 0. The predicted molar refractivity (Wildman–Crippen MR) is 33.0 cm³/mol. The molecule has 0 saturated heterocycles. The van der Waals surface area contributed by atoms with Crippen molar-refractivity contribution in [3.05, 3.63) is 18.5 Å². The van der Waals surface area contributed by atoms with Gasteiger partial charge in [0.05, 0.1) is 6.20 Å². The van der Waals surface area contributed by atoms with E-state index in [1.165, 1.54) is 6.34 Å². The summed E-state index contributed by atoms with van der Waals surface area (Å²) in [7, 11) is 0. The Hall–Kier alpha value is -1.38. The zero-order valence-corrected chi connectivity index (χ0v) is 4.57. The van der Waals surface area contributed by atoms with Crippen LogP contribution in [0.15, 0.2) is 17.4 Å². The number of hydrogen-bond acceptors (Lipinski definition) is 2. The molecule has 42 valence electrons. The maximum absolute atomic E-state index is 3.91. The summed E-state index contributed by atoms with van der Waals surface area (Å²) in [6.07, 6.45) is 4.75. The minimum Gasteiger partial charge on any atom is -0.262 e. The van der Waals surface area contributed by atoms with Gasteiger partial charge in [0.25, 0.3) is 0 Å². The number of nitrogens with zero attached hydrogens (tertiary/aromatic N) is 3. The highest BCUT2D eigenvalue weighted by atomic mass is 15.0. The maximum atomic E-state index is 3.91. The molecule has 1 aliphatic rings. The fourth-order valence-electron chi connectivity index (χ4n) is 0.688. The molecule has 0 spiro atoms. The molecule has 2 heterocycles. The predicted octanol–water partition coefficient (Wildman–Crippen LogP) is 0.791. The number of aromatic nitrogens is 1. The lowest BCUT2D eigenvalue weighted by atomic mass is 10.4. The summed E-state index contributed by atoms with van der Waals surface area (Å²) in [6, 6.07) is 2.85. The molecule has 3 nitrogen and oxygen atoms in total. The normalized spacial score (nSPS) is 12.9. The highest BCUT2D eigenvalue weighted by Gasteiger charge is 2.04. The lowest BCUT2D eigenvalue weighted by molar-refractivity contribution is 1.27. The highest BCUT2D eigenvalue weighted by molar-refractivity contribution is 5.80. The van der Waals surface area contributed by atoms with Crippen LogP contribution >= 0.6 is 0 Å². The molecular formula is C6H3N3. The third-order valence-corrected chi connectivity index (χ3v) is 1.10. The molecule has 2 radical (unpaired) electrons. The van der Waals surface area contributed by atoms with Crippen LogP contribution in [0.1, 0.15) is 0 Å². The molecule has 0 aliphatic carbocycles. The van der Waals surface area contributed by atoms with Gasteiger partial charge in [-0.1, -0.05) is 0 Å². The van der Waals surface area contributed by atoms with Crippen molar-refractivity contribution >= 4 is 17.7 Å². The number of aliphatic imine (C=N–C) groups is 1. The van der Waals surface area contributed by atoms with Crippen molar-refractivity contribution < 1.29 is 0 Å². The molecule has 0 saturated carbocycles. The van der Waals surface area contributed by atoms with Crippen LogP contribution in [0.2, 0.25) is 0 Å². The van der Waals surface area contributed by atoms with Crippen molar-refractivity contribution in [1.29, 1.82) is 0 Å². The zero-order valence-electron chi connectivity index (χ0n) is 4.57. The van der Waals surface area contributed by atoms with Crippen LogP contribution in [0.5, 0.6) is 0 Å². The Labute approximate surface area is 52.5 Å². The maximum Gasteiger partial charge on any atom is 0.117 e. The number of fused-ring (bicyclic) bond motifs is 1. The van der Waals surface area contributed by atoms with E-state index in [0.717, 1.165) is 11.4 Å². The van der Waals surface area contributed by atoms with Gasteiger partial charge in [0.2, 0.25) is 0 Å². The number of pyridine rings is 1. The smallest absolute Gasteiger partial charge is 0.117 e. The van der Waals surface area contributed by atoms with Crippen LogP contribution in [0, 0.1) is 6.07 Å². The van der Waals surface area contributed by atoms with Crippen molar-refractivity contribution in [3.8, 4) is 0 Å². The minimum atomic E-state index is 0.782. The average Bonchev–Trinajstić information content (AvgIpc) is 2.33. The van der Waals surface area contributed by atoms with E-state index >= 15 is 0 Å². The van der Waals surface area contributed by atoms with Crippen molar-refractivity contribution in [3.63, 3.8) is 0 Å². The Morgan fingerprint density at radius 1 is 1.44 bits per heavy atom. The third kappa shape index (κ3) is 0.579. The van der Waals surface area contributed by atoms with Crippen molar-refractivity contribution in [2.24, 2.45) is 4.99 Å². The Morgan fingerprint density at radius 2 is 2.44 bits per heavy atom. The van der Waals surface area contributed by atoms with Crippen LogP contribution in [0.25, 0.3) is 0 Å². The van der Waals surface area contributed by atoms with E-state index in [4.69, 9.17) is 0 Å². The van der Waals surface area contributed by atoms with Gasteiger partial charge in [-0.05, 0) is 0 Å². The van der Waals surface area contributed by atoms with Gasteiger partial charge >= 0.3 is 0 Å². The molecule has 3 heteroatoms. The van der Waals surface area contributed by atoms with Crippen LogP contribution in [0.4, 0.5) is 11.4 Å². The van der Waals surface area contributed by atoms with Gasteiger partial charge in [0.15, 0.2) is 0 Å². The van der Waals surface area contributed by atoms with E-state index in [1.54, 1.807) is 12.4 Å². The van der Waals surface area contributed by atoms with Gasteiger partial charge < -0.3 is 0 Å². The molecule has 0 aromatic carbocycles. The van der Waals surface area contributed by atoms with Crippen molar-refractivity contribution in [1.82, 2.24) is 10.3 Å². The van der Waals surface area contributed by atoms with Gasteiger partial charge in [-0.3, -0.25) is 4.98 Å². The minimum absolute atomic E-state index is 0.782. The molecular weight excluding hydrogens is 114 g/mol. The van der Waals surface area contributed by atoms with E-state index in [2.05, 4.69) is 21.4 Å². The number of rotatable bonds is 0. The Morgan fingerprint density at radius 3 is 3.33 bits per heavy atom. The van der Waals surface area contributed by atoms with Crippen LogP contribution in [-0.2, 0) is 0 Å². The summed E-state index contributed by atoms with van der Waals surface area (Å²) in [4.78, 5) is 7.74. The lowest BCUT2D eigenvalue weighted by Crippen LogP contribution is -1.84. The summed E-state index contributed by atoms with van der Waals surface area (Å²) < 4.78 is 0. The second kappa shape index (κ2) is 1.55. The molecule has 0 N–H and O–H groups in total. The van der Waals surface area contributed by atoms with E-state index in [1.807, 2.05) is 0 Å². The topological polar surface area (TPSA) is 39.4 Å². The Kier molecular flexibility index (Phi) is 0.773. The SMILES string of the molecule is [c]1cncc2c1[N]C=N2. The fourth-order valence-corrected chi connectivity index (χ4v) is 0.688. The van der Waals surface area contributed by atoms with E-state index < -0.39 is 0 Å². The first-order valence-corrected chi connectivity index (χ1v) is 2.56. The monoisotopic (exact) mass is 117 g/mol. The van der Waals surface area contributed by atoms with E-state index in [-0.39, 0.29) is 0 Å². The van der Waals surface area contributed by atoms with Crippen molar-refractivity contribution in [2.45, 2.75) is 0 Å². The number of hydrogen-bond donors (Lipinski definition) is 0. The molecule has 1 aromatic rings. The first-order chi connectivity index (χ1) is 4.47.